The summed E-state index contributed by atoms with van der Waals surface area (Å²) in [4.78, 5) is 6.73. The first kappa shape index (κ1) is 14.2. The molecular weight excluding hydrogens is 258 g/mol. The molecule has 1 heterocycles. The van der Waals surface area contributed by atoms with E-state index in [0.717, 1.165) is 23.0 Å². The summed E-state index contributed by atoms with van der Waals surface area (Å²) in [6, 6.07) is 7.00. The second-order valence-electron chi connectivity index (χ2n) is 6.58. The molecule has 1 aliphatic carbocycles. The van der Waals surface area contributed by atoms with Crippen molar-refractivity contribution in [3.05, 3.63) is 30.6 Å². The van der Waals surface area contributed by atoms with Crippen molar-refractivity contribution >= 4 is 22.1 Å². The lowest BCUT2D eigenvalue weighted by Gasteiger charge is -2.34. The maximum atomic E-state index is 6.49. The van der Waals surface area contributed by atoms with E-state index < -0.39 is 0 Å². The zero-order chi connectivity index (χ0) is 14.8. The zero-order valence-corrected chi connectivity index (χ0v) is 13.0. The lowest BCUT2D eigenvalue weighted by Crippen LogP contribution is -2.36. The molecule has 1 fully saturated rings. The maximum absolute atomic E-state index is 6.49. The molecule has 3 heteroatoms. The quantitative estimate of drug-likeness (QED) is 0.854. The molecule has 0 atom stereocenters. The number of rotatable bonds is 4. The number of hydrogen-bond acceptors (Lipinski definition) is 3. The Labute approximate surface area is 127 Å². The van der Waals surface area contributed by atoms with Crippen molar-refractivity contribution in [2.75, 3.05) is 17.2 Å². The van der Waals surface area contributed by atoms with Gasteiger partial charge in [-0.05, 0) is 30.9 Å². The summed E-state index contributed by atoms with van der Waals surface area (Å²) in [6.07, 6.45) is 8.98. The van der Waals surface area contributed by atoms with Gasteiger partial charge in [-0.15, -0.1) is 0 Å². The predicted molar refractivity (Wildman–Crippen MR) is 90.6 cm³/mol. The Morgan fingerprint density at radius 3 is 2.71 bits per heavy atom. The molecular formula is C18H25N3. The Morgan fingerprint density at radius 2 is 2.00 bits per heavy atom. The van der Waals surface area contributed by atoms with Gasteiger partial charge in [-0.1, -0.05) is 32.8 Å². The highest BCUT2D eigenvalue weighted by Gasteiger charge is 2.25. The van der Waals surface area contributed by atoms with Gasteiger partial charge in [0.15, 0.2) is 0 Å². The summed E-state index contributed by atoms with van der Waals surface area (Å²) in [7, 11) is 0. The number of hydrogen-bond donors (Lipinski definition) is 1. The van der Waals surface area contributed by atoms with Crippen molar-refractivity contribution in [2.24, 2.45) is 5.92 Å². The van der Waals surface area contributed by atoms with E-state index >= 15 is 0 Å². The van der Waals surface area contributed by atoms with Crippen molar-refractivity contribution in [1.29, 1.82) is 0 Å². The average Bonchev–Trinajstić information content (AvgIpc) is 3.00. The Balaban J connectivity index is 2.03. The van der Waals surface area contributed by atoms with Crippen LogP contribution < -0.4 is 10.6 Å². The third kappa shape index (κ3) is 2.82. The van der Waals surface area contributed by atoms with Crippen LogP contribution in [0.25, 0.3) is 10.8 Å². The number of fused-ring (bicyclic) bond motifs is 1. The molecule has 1 aromatic heterocycles. The lowest BCUT2D eigenvalue weighted by molar-refractivity contribution is 0.536. The van der Waals surface area contributed by atoms with E-state index in [1.807, 2.05) is 18.5 Å². The lowest BCUT2D eigenvalue weighted by atomic mass is 10.0. The van der Waals surface area contributed by atoms with Gasteiger partial charge in [-0.2, -0.15) is 0 Å². The molecule has 3 nitrogen and oxygen atoms in total. The molecule has 2 aromatic rings. The van der Waals surface area contributed by atoms with Crippen molar-refractivity contribution in [2.45, 2.75) is 45.6 Å². The Kier molecular flexibility index (Phi) is 4.00. The van der Waals surface area contributed by atoms with Crippen LogP contribution in [-0.2, 0) is 0 Å². The Bertz CT molecular complexity index is 615. The molecule has 0 saturated heterocycles. The van der Waals surface area contributed by atoms with Crippen molar-refractivity contribution in [3.8, 4) is 0 Å². The van der Waals surface area contributed by atoms with Crippen LogP contribution in [0.3, 0.4) is 0 Å². The van der Waals surface area contributed by atoms with Gasteiger partial charge < -0.3 is 10.6 Å². The molecule has 1 saturated carbocycles. The second kappa shape index (κ2) is 5.92. The van der Waals surface area contributed by atoms with Crippen LogP contribution in [0.15, 0.2) is 30.6 Å². The summed E-state index contributed by atoms with van der Waals surface area (Å²) >= 11 is 0. The highest BCUT2D eigenvalue weighted by molar-refractivity contribution is 5.98. The fourth-order valence-electron chi connectivity index (χ4n) is 3.49. The molecule has 1 aliphatic rings. The number of benzene rings is 1. The number of nitrogens with two attached hydrogens (primary N) is 1. The van der Waals surface area contributed by atoms with Gasteiger partial charge in [-0.25, -0.2) is 0 Å². The normalized spacial score (nSPS) is 16.0. The number of pyridine rings is 1. The molecule has 0 amide bonds. The largest absolute Gasteiger partial charge is 0.397 e. The van der Waals surface area contributed by atoms with Crippen LogP contribution in [0.4, 0.5) is 11.4 Å². The molecule has 1 aromatic carbocycles. The second-order valence-corrected chi connectivity index (χ2v) is 6.58. The number of aromatic nitrogens is 1. The Morgan fingerprint density at radius 1 is 1.24 bits per heavy atom. The SMILES string of the molecule is CC(C)CN(c1ccc2cnccc2c1N)C1CCCC1. The van der Waals surface area contributed by atoms with Crippen LogP contribution in [0, 0.1) is 5.92 Å². The van der Waals surface area contributed by atoms with E-state index in [9.17, 15) is 0 Å². The van der Waals surface area contributed by atoms with Crippen LogP contribution in [0.5, 0.6) is 0 Å². The van der Waals surface area contributed by atoms with Gasteiger partial charge in [0, 0.05) is 35.8 Å². The minimum atomic E-state index is 0.637. The van der Waals surface area contributed by atoms with Gasteiger partial charge in [0.1, 0.15) is 0 Å². The highest BCUT2D eigenvalue weighted by atomic mass is 15.2. The third-order valence-electron chi connectivity index (χ3n) is 4.48. The molecule has 0 unspecified atom stereocenters. The van der Waals surface area contributed by atoms with E-state index in [2.05, 4.69) is 35.9 Å². The predicted octanol–water partition coefficient (Wildman–Crippen LogP) is 4.22. The summed E-state index contributed by atoms with van der Waals surface area (Å²) in [5.41, 5.74) is 8.60. The Hall–Kier alpha value is -1.77. The first-order valence-corrected chi connectivity index (χ1v) is 8.05. The van der Waals surface area contributed by atoms with Gasteiger partial charge in [-0.3, -0.25) is 4.98 Å². The third-order valence-corrected chi connectivity index (χ3v) is 4.48. The molecule has 0 spiro atoms. The molecule has 2 N–H and O–H groups in total. The summed E-state index contributed by atoms with van der Waals surface area (Å²) in [5.74, 6) is 0.637. The molecule has 112 valence electrons. The fraction of sp³-hybridized carbons (Fsp3) is 0.500. The fourth-order valence-corrected chi connectivity index (χ4v) is 3.49. The van der Waals surface area contributed by atoms with Gasteiger partial charge in [0.25, 0.3) is 0 Å². The van der Waals surface area contributed by atoms with E-state index in [1.165, 1.54) is 31.4 Å². The van der Waals surface area contributed by atoms with E-state index in [1.54, 1.807) is 0 Å². The molecule has 0 bridgehead atoms. The van der Waals surface area contributed by atoms with E-state index in [4.69, 9.17) is 5.73 Å². The van der Waals surface area contributed by atoms with Crippen LogP contribution in [0.2, 0.25) is 0 Å². The molecule has 3 rings (SSSR count). The summed E-state index contributed by atoms with van der Waals surface area (Å²) in [6.45, 7) is 5.64. The van der Waals surface area contributed by atoms with Gasteiger partial charge in [0.2, 0.25) is 0 Å². The highest BCUT2D eigenvalue weighted by Crippen LogP contribution is 2.36. The first-order chi connectivity index (χ1) is 10.2. The number of nitrogens with zero attached hydrogens (tertiary/aromatic N) is 2. The monoisotopic (exact) mass is 283 g/mol. The molecule has 0 radical (unpaired) electrons. The molecule has 0 aliphatic heterocycles. The van der Waals surface area contributed by atoms with Gasteiger partial charge >= 0.3 is 0 Å². The summed E-state index contributed by atoms with van der Waals surface area (Å²) in [5, 5.41) is 2.24. The number of anilines is 2. The molecule has 21 heavy (non-hydrogen) atoms. The van der Waals surface area contributed by atoms with Crippen molar-refractivity contribution < 1.29 is 0 Å². The minimum Gasteiger partial charge on any atom is -0.397 e. The summed E-state index contributed by atoms with van der Waals surface area (Å²) < 4.78 is 0. The zero-order valence-electron chi connectivity index (χ0n) is 13.0. The van der Waals surface area contributed by atoms with Gasteiger partial charge in [0.05, 0.1) is 11.4 Å². The van der Waals surface area contributed by atoms with Crippen molar-refractivity contribution in [3.63, 3.8) is 0 Å². The average molecular weight is 283 g/mol. The van der Waals surface area contributed by atoms with Crippen molar-refractivity contribution in [1.82, 2.24) is 4.98 Å². The van der Waals surface area contributed by atoms with Crippen LogP contribution in [-0.4, -0.2) is 17.6 Å². The topological polar surface area (TPSA) is 42.2 Å². The van der Waals surface area contributed by atoms with Crippen LogP contribution in [0.1, 0.15) is 39.5 Å². The first-order valence-electron chi connectivity index (χ1n) is 8.05. The van der Waals surface area contributed by atoms with E-state index in [-0.39, 0.29) is 0 Å². The van der Waals surface area contributed by atoms with Crippen LogP contribution >= 0.6 is 0 Å². The standard InChI is InChI=1S/C18H25N3/c1-13(2)12-21(15-5-3-4-6-15)17-8-7-14-11-20-10-9-16(14)18(17)19/h7-11,13,15H,3-6,12,19H2,1-2H3. The van der Waals surface area contributed by atoms with E-state index in [0.29, 0.717) is 12.0 Å². The number of nitrogen functional groups attached to an aromatic ring is 1. The smallest absolute Gasteiger partial charge is 0.0632 e. The minimum absolute atomic E-state index is 0.637. The maximum Gasteiger partial charge on any atom is 0.0632 e.